The lowest BCUT2D eigenvalue weighted by molar-refractivity contribution is -0.125. The Labute approximate surface area is 160 Å². The fourth-order valence-corrected chi connectivity index (χ4v) is 5.93. The van der Waals surface area contributed by atoms with Crippen LogP contribution in [0.5, 0.6) is 0 Å². The van der Waals surface area contributed by atoms with Crippen molar-refractivity contribution in [1.82, 2.24) is 20.1 Å². The monoisotopic (exact) mass is 364 g/mol. The number of nitrogens with zero attached hydrogens (tertiary/aromatic N) is 3. The predicted octanol–water partition coefficient (Wildman–Crippen LogP) is 3.78. The summed E-state index contributed by atoms with van der Waals surface area (Å²) in [7, 11) is 0. The first-order chi connectivity index (χ1) is 13.2. The van der Waals surface area contributed by atoms with E-state index in [1.165, 1.54) is 31.2 Å². The van der Waals surface area contributed by atoms with Gasteiger partial charge in [-0.1, -0.05) is 43.2 Å². The molecule has 3 fully saturated rings. The van der Waals surface area contributed by atoms with E-state index in [9.17, 15) is 4.79 Å². The van der Waals surface area contributed by atoms with E-state index in [0.29, 0.717) is 12.1 Å². The lowest BCUT2D eigenvalue weighted by atomic mass is 9.83. The van der Waals surface area contributed by atoms with Gasteiger partial charge in [0.05, 0.1) is 5.41 Å². The Bertz CT molecular complexity index is 789. The van der Waals surface area contributed by atoms with Crippen LogP contribution >= 0.6 is 0 Å². The van der Waals surface area contributed by atoms with E-state index < -0.39 is 0 Å². The summed E-state index contributed by atoms with van der Waals surface area (Å²) >= 11 is 0. The third kappa shape index (κ3) is 2.70. The van der Waals surface area contributed by atoms with Crippen molar-refractivity contribution in [3.05, 3.63) is 48.5 Å². The number of aromatic nitrogens is 3. The minimum Gasteiger partial charge on any atom is -0.353 e. The number of hydrogen-bond acceptors (Lipinski definition) is 3. The molecule has 0 aliphatic heterocycles. The van der Waals surface area contributed by atoms with Gasteiger partial charge in [0.2, 0.25) is 5.91 Å². The highest BCUT2D eigenvalue weighted by molar-refractivity contribution is 5.93. The van der Waals surface area contributed by atoms with Crippen LogP contribution in [0.3, 0.4) is 0 Å². The molecule has 1 N–H and O–H groups in total. The normalized spacial score (nSPS) is 31.7. The SMILES string of the molecule is O=C(NC1CCC(n2cnnc2)CC1)[C@]1(c2ccccc2)CC12CCCC2. The molecular formula is C22H28N4O. The fourth-order valence-electron chi connectivity index (χ4n) is 5.93. The van der Waals surface area contributed by atoms with Crippen molar-refractivity contribution >= 4 is 5.91 Å². The molecule has 1 aromatic heterocycles. The Morgan fingerprint density at radius 3 is 2.33 bits per heavy atom. The Morgan fingerprint density at radius 1 is 1.00 bits per heavy atom. The van der Waals surface area contributed by atoms with E-state index in [0.717, 1.165) is 32.1 Å². The second-order valence-electron chi connectivity index (χ2n) is 8.82. The highest BCUT2D eigenvalue weighted by atomic mass is 16.2. The van der Waals surface area contributed by atoms with Crippen LogP contribution in [0.1, 0.15) is 69.4 Å². The number of benzene rings is 1. The van der Waals surface area contributed by atoms with E-state index in [1.807, 2.05) is 18.7 Å². The van der Waals surface area contributed by atoms with Gasteiger partial charge in [0.25, 0.3) is 0 Å². The summed E-state index contributed by atoms with van der Waals surface area (Å²) in [6.45, 7) is 0. The van der Waals surface area contributed by atoms with Crippen LogP contribution in [0, 0.1) is 5.41 Å². The molecule has 0 unspecified atom stereocenters. The molecule has 5 nitrogen and oxygen atoms in total. The first-order valence-electron chi connectivity index (χ1n) is 10.4. The van der Waals surface area contributed by atoms with Gasteiger partial charge in [-0.2, -0.15) is 0 Å². The summed E-state index contributed by atoms with van der Waals surface area (Å²) in [6, 6.07) is 11.3. The van der Waals surface area contributed by atoms with Crippen molar-refractivity contribution < 1.29 is 4.79 Å². The highest BCUT2D eigenvalue weighted by Gasteiger charge is 2.72. The lowest BCUT2D eigenvalue weighted by Gasteiger charge is -2.32. The van der Waals surface area contributed by atoms with Gasteiger partial charge < -0.3 is 9.88 Å². The van der Waals surface area contributed by atoms with Gasteiger partial charge >= 0.3 is 0 Å². The van der Waals surface area contributed by atoms with Crippen LogP contribution < -0.4 is 5.32 Å². The number of amides is 1. The molecule has 3 aliphatic carbocycles. The number of carbonyl (C=O) groups excluding carboxylic acids is 1. The number of hydrogen-bond donors (Lipinski definition) is 1. The van der Waals surface area contributed by atoms with Crippen molar-refractivity contribution in [1.29, 1.82) is 0 Å². The summed E-state index contributed by atoms with van der Waals surface area (Å²) in [5, 5.41) is 11.3. The molecule has 1 aromatic carbocycles. The van der Waals surface area contributed by atoms with Gasteiger partial charge in [0.1, 0.15) is 12.7 Å². The van der Waals surface area contributed by atoms with E-state index in [4.69, 9.17) is 0 Å². The average Bonchev–Trinajstić information content (AvgIpc) is 3.07. The van der Waals surface area contributed by atoms with Gasteiger partial charge in [-0.25, -0.2) is 0 Å². The van der Waals surface area contributed by atoms with E-state index >= 15 is 0 Å². The standard InChI is InChI=1S/C22H28N4O/c27-20(25-18-8-10-19(11-9-18)26-15-23-24-16-26)22(17-6-2-1-3-7-17)14-21(22)12-4-5-13-21/h1-3,6-7,15-16,18-19H,4-5,8-14H2,(H,25,27)/t18?,19?,22-/m1/s1. The van der Waals surface area contributed by atoms with Crippen molar-refractivity contribution in [2.45, 2.75) is 75.3 Å². The molecule has 0 radical (unpaired) electrons. The van der Waals surface area contributed by atoms with Crippen molar-refractivity contribution in [2.75, 3.05) is 0 Å². The third-order valence-electron chi connectivity index (χ3n) is 7.49. The van der Waals surface area contributed by atoms with Gasteiger partial charge in [0, 0.05) is 12.1 Å². The van der Waals surface area contributed by atoms with Crippen LogP contribution in [0.4, 0.5) is 0 Å². The zero-order valence-corrected chi connectivity index (χ0v) is 15.8. The largest absolute Gasteiger partial charge is 0.353 e. The molecule has 1 spiro atoms. The minimum atomic E-state index is -0.282. The van der Waals surface area contributed by atoms with Crippen molar-refractivity contribution in [2.24, 2.45) is 5.41 Å². The molecular weight excluding hydrogens is 336 g/mol. The molecule has 3 aliphatic rings. The maximum Gasteiger partial charge on any atom is 0.231 e. The maximum atomic E-state index is 13.5. The summed E-state index contributed by atoms with van der Waals surface area (Å²) in [5.74, 6) is 0.281. The Kier molecular flexibility index (Phi) is 4.06. The fraction of sp³-hybridized carbons (Fsp3) is 0.591. The Morgan fingerprint density at radius 2 is 1.67 bits per heavy atom. The van der Waals surface area contributed by atoms with Crippen LogP contribution in [0.15, 0.2) is 43.0 Å². The van der Waals surface area contributed by atoms with Crippen molar-refractivity contribution in [3.63, 3.8) is 0 Å². The second kappa shape index (κ2) is 6.47. The van der Waals surface area contributed by atoms with Crippen LogP contribution in [0.2, 0.25) is 0 Å². The molecule has 5 rings (SSSR count). The lowest BCUT2D eigenvalue weighted by Crippen LogP contribution is -2.45. The molecule has 27 heavy (non-hydrogen) atoms. The van der Waals surface area contributed by atoms with Gasteiger partial charge in [-0.3, -0.25) is 4.79 Å². The maximum absolute atomic E-state index is 13.5. The zero-order valence-electron chi connectivity index (χ0n) is 15.8. The number of rotatable bonds is 4. The second-order valence-corrected chi connectivity index (χ2v) is 8.82. The van der Waals surface area contributed by atoms with Crippen LogP contribution in [-0.2, 0) is 10.2 Å². The highest BCUT2D eigenvalue weighted by Crippen LogP contribution is 2.72. The third-order valence-corrected chi connectivity index (χ3v) is 7.49. The summed E-state index contributed by atoms with van der Waals surface area (Å²) in [5.41, 5.74) is 1.16. The Balaban J connectivity index is 1.30. The van der Waals surface area contributed by atoms with E-state index in [-0.39, 0.29) is 16.7 Å². The smallest absolute Gasteiger partial charge is 0.231 e. The van der Waals surface area contributed by atoms with Crippen LogP contribution in [0.25, 0.3) is 0 Å². The van der Waals surface area contributed by atoms with Gasteiger partial charge in [-0.15, -0.1) is 10.2 Å². The number of nitrogens with one attached hydrogen (secondary N) is 1. The molecule has 0 saturated heterocycles. The van der Waals surface area contributed by atoms with E-state index in [1.54, 1.807) is 0 Å². The number of carbonyl (C=O) groups is 1. The summed E-state index contributed by atoms with van der Waals surface area (Å²) in [4.78, 5) is 13.5. The molecule has 5 heteroatoms. The van der Waals surface area contributed by atoms with E-state index in [2.05, 4.69) is 44.3 Å². The Hall–Kier alpha value is -2.17. The van der Waals surface area contributed by atoms with Crippen LogP contribution in [-0.4, -0.2) is 26.7 Å². The zero-order chi connectivity index (χ0) is 18.3. The first kappa shape index (κ1) is 17.0. The molecule has 0 bridgehead atoms. The first-order valence-corrected chi connectivity index (χ1v) is 10.4. The predicted molar refractivity (Wildman–Crippen MR) is 103 cm³/mol. The molecule has 142 valence electrons. The molecule has 1 heterocycles. The average molecular weight is 364 g/mol. The molecule has 1 amide bonds. The summed E-state index contributed by atoms with van der Waals surface area (Å²) < 4.78 is 2.11. The van der Waals surface area contributed by atoms with Gasteiger partial charge in [-0.05, 0) is 55.9 Å². The molecule has 1 atom stereocenters. The quantitative estimate of drug-likeness (QED) is 0.898. The topological polar surface area (TPSA) is 59.8 Å². The molecule has 3 saturated carbocycles. The minimum absolute atomic E-state index is 0.220. The molecule has 2 aromatic rings. The summed E-state index contributed by atoms with van der Waals surface area (Å²) in [6.07, 6.45) is 13.8. The van der Waals surface area contributed by atoms with Crippen molar-refractivity contribution in [3.8, 4) is 0 Å². The van der Waals surface area contributed by atoms with Gasteiger partial charge in [0.15, 0.2) is 0 Å².